The van der Waals surface area contributed by atoms with Gasteiger partial charge in [-0.25, -0.2) is 14.2 Å². The first-order valence-electron chi connectivity index (χ1n) is 5.68. The molecule has 1 N–H and O–H groups in total. The average molecular weight is 268 g/mol. The van der Waals surface area contributed by atoms with Crippen LogP contribution in [0, 0.1) is 17.1 Å². The number of aromatic carboxylic acids is 1. The van der Waals surface area contributed by atoms with Gasteiger partial charge in [-0.15, -0.1) is 0 Å². The largest absolute Gasteiger partial charge is 0.477 e. The highest BCUT2D eigenvalue weighted by molar-refractivity contribution is 5.86. The van der Waals surface area contributed by atoms with Crippen molar-refractivity contribution in [1.29, 1.82) is 5.26 Å². The maximum Gasteiger partial charge on any atom is 0.354 e. The molecule has 0 aliphatic rings. The van der Waals surface area contributed by atoms with Gasteiger partial charge >= 0.3 is 5.97 Å². The zero-order valence-corrected chi connectivity index (χ0v) is 10.2. The second kappa shape index (κ2) is 5.76. The molecule has 0 spiro atoms. The fraction of sp³-hybridized carbons (Fsp3) is 0. The van der Waals surface area contributed by atoms with Crippen LogP contribution < -0.4 is 0 Å². The van der Waals surface area contributed by atoms with Crippen LogP contribution in [0.5, 0.6) is 0 Å². The second-order valence-corrected chi connectivity index (χ2v) is 3.93. The molecule has 0 fully saturated rings. The number of aromatic nitrogens is 1. The van der Waals surface area contributed by atoms with Crippen LogP contribution >= 0.6 is 0 Å². The van der Waals surface area contributed by atoms with Gasteiger partial charge in [0.1, 0.15) is 17.6 Å². The summed E-state index contributed by atoms with van der Waals surface area (Å²) in [5.74, 6) is -1.55. The van der Waals surface area contributed by atoms with Crippen molar-refractivity contribution in [2.24, 2.45) is 0 Å². The van der Waals surface area contributed by atoms with Crippen molar-refractivity contribution in [2.75, 3.05) is 0 Å². The van der Waals surface area contributed by atoms with Crippen LogP contribution in [0.25, 0.3) is 12.2 Å². The molecule has 1 aromatic carbocycles. The van der Waals surface area contributed by atoms with E-state index in [0.29, 0.717) is 5.56 Å². The molecule has 1 aromatic heterocycles. The summed E-state index contributed by atoms with van der Waals surface area (Å²) in [6, 6.07) is 10.5. The number of carboxylic acid groups (broad SMARTS) is 1. The van der Waals surface area contributed by atoms with Crippen molar-refractivity contribution in [2.45, 2.75) is 0 Å². The van der Waals surface area contributed by atoms with Crippen molar-refractivity contribution < 1.29 is 14.3 Å². The maximum absolute atomic E-state index is 13.0. The number of rotatable bonds is 3. The van der Waals surface area contributed by atoms with Crippen molar-refractivity contribution in [3.05, 3.63) is 64.7 Å². The Morgan fingerprint density at radius 1 is 1.30 bits per heavy atom. The Morgan fingerprint density at radius 2 is 2.10 bits per heavy atom. The molecule has 0 amide bonds. The third kappa shape index (κ3) is 3.06. The lowest BCUT2D eigenvalue weighted by Crippen LogP contribution is -2.02. The molecule has 2 aromatic rings. The van der Waals surface area contributed by atoms with Crippen LogP contribution in [0.4, 0.5) is 4.39 Å². The van der Waals surface area contributed by atoms with Gasteiger partial charge in [0.05, 0.1) is 11.3 Å². The van der Waals surface area contributed by atoms with Crippen molar-refractivity contribution in [1.82, 2.24) is 4.98 Å². The number of carboxylic acids is 1. The Labute approximate surface area is 114 Å². The van der Waals surface area contributed by atoms with Crippen molar-refractivity contribution >= 4 is 18.1 Å². The van der Waals surface area contributed by atoms with Gasteiger partial charge in [0.15, 0.2) is 0 Å². The van der Waals surface area contributed by atoms with Gasteiger partial charge in [-0.05, 0) is 35.9 Å². The van der Waals surface area contributed by atoms with E-state index in [0.717, 1.165) is 0 Å². The molecule has 0 saturated heterocycles. The summed E-state index contributed by atoms with van der Waals surface area (Å²) in [5.41, 5.74) is 0.929. The lowest BCUT2D eigenvalue weighted by Gasteiger charge is -2.00. The third-order valence-electron chi connectivity index (χ3n) is 2.55. The molecule has 0 atom stereocenters. The molecular weight excluding hydrogens is 259 g/mol. The van der Waals surface area contributed by atoms with E-state index in [9.17, 15) is 9.18 Å². The smallest absolute Gasteiger partial charge is 0.354 e. The number of pyridine rings is 1. The van der Waals surface area contributed by atoms with E-state index >= 15 is 0 Å². The summed E-state index contributed by atoms with van der Waals surface area (Å²) in [5, 5.41) is 17.8. The van der Waals surface area contributed by atoms with E-state index in [1.807, 2.05) is 6.07 Å². The number of nitriles is 1. The average Bonchev–Trinajstić information content (AvgIpc) is 2.44. The predicted molar refractivity (Wildman–Crippen MR) is 71.2 cm³/mol. The molecule has 0 saturated carbocycles. The van der Waals surface area contributed by atoms with Gasteiger partial charge in [-0.1, -0.05) is 18.2 Å². The minimum atomic E-state index is -1.17. The number of carbonyl (C=O) groups is 1. The zero-order chi connectivity index (χ0) is 14.5. The van der Waals surface area contributed by atoms with Crippen LogP contribution in [0.1, 0.15) is 27.3 Å². The normalized spacial score (nSPS) is 10.4. The molecule has 5 heteroatoms. The summed E-state index contributed by atoms with van der Waals surface area (Å²) in [7, 11) is 0. The maximum atomic E-state index is 13.0. The van der Waals surface area contributed by atoms with Crippen LogP contribution in [0.2, 0.25) is 0 Å². The first-order chi connectivity index (χ1) is 9.60. The van der Waals surface area contributed by atoms with Crippen LogP contribution in [-0.2, 0) is 0 Å². The van der Waals surface area contributed by atoms with E-state index in [4.69, 9.17) is 10.4 Å². The number of hydrogen-bond donors (Lipinski definition) is 1. The van der Waals surface area contributed by atoms with E-state index in [2.05, 4.69) is 4.98 Å². The quantitative estimate of drug-likeness (QED) is 0.928. The highest BCUT2D eigenvalue weighted by atomic mass is 19.1. The van der Waals surface area contributed by atoms with Crippen molar-refractivity contribution in [3.63, 3.8) is 0 Å². The minimum absolute atomic E-state index is 0.150. The number of hydrogen-bond acceptors (Lipinski definition) is 3. The van der Waals surface area contributed by atoms with Gasteiger partial charge in [0.2, 0.25) is 0 Å². The Bertz CT molecular complexity index is 733. The predicted octanol–water partition coefficient (Wildman–Crippen LogP) is 2.96. The van der Waals surface area contributed by atoms with E-state index in [-0.39, 0.29) is 22.8 Å². The topological polar surface area (TPSA) is 74.0 Å². The Morgan fingerprint density at radius 3 is 2.75 bits per heavy atom. The molecule has 0 bridgehead atoms. The molecule has 98 valence electrons. The fourth-order valence-electron chi connectivity index (χ4n) is 1.60. The SMILES string of the molecule is N#Cc1ccc(C(=O)O)nc1/C=C/c1cccc(F)c1. The van der Waals surface area contributed by atoms with Gasteiger partial charge in [-0.2, -0.15) is 5.26 Å². The highest BCUT2D eigenvalue weighted by Gasteiger charge is 2.08. The summed E-state index contributed by atoms with van der Waals surface area (Å²) in [6.45, 7) is 0. The first kappa shape index (κ1) is 13.4. The van der Waals surface area contributed by atoms with Gasteiger partial charge in [0, 0.05) is 0 Å². The third-order valence-corrected chi connectivity index (χ3v) is 2.55. The summed E-state index contributed by atoms with van der Waals surface area (Å²) < 4.78 is 13.0. The molecule has 0 aliphatic carbocycles. The molecule has 0 aliphatic heterocycles. The molecular formula is C15H9FN2O2. The molecule has 4 nitrogen and oxygen atoms in total. The minimum Gasteiger partial charge on any atom is -0.477 e. The standard InChI is InChI=1S/C15H9FN2O2/c16-12-3-1-2-10(8-12)4-6-13-11(9-17)5-7-14(18-13)15(19)20/h1-8H,(H,19,20)/b6-4+. The monoisotopic (exact) mass is 268 g/mol. The Balaban J connectivity index is 2.39. The number of halogens is 1. The van der Waals surface area contributed by atoms with Gasteiger partial charge < -0.3 is 5.11 Å². The highest BCUT2D eigenvalue weighted by Crippen LogP contribution is 2.12. The lowest BCUT2D eigenvalue weighted by molar-refractivity contribution is 0.0690. The van der Waals surface area contributed by atoms with E-state index < -0.39 is 5.97 Å². The van der Waals surface area contributed by atoms with E-state index in [1.165, 1.54) is 30.3 Å². The summed E-state index contributed by atoms with van der Waals surface area (Å²) in [4.78, 5) is 14.7. The fourth-order valence-corrected chi connectivity index (χ4v) is 1.60. The molecule has 0 unspecified atom stereocenters. The molecule has 0 radical (unpaired) electrons. The molecule has 20 heavy (non-hydrogen) atoms. The zero-order valence-electron chi connectivity index (χ0n) is 10.2. The van der Waals surface area contributed by atoms with Gasteiger partial charge in [-0.3, -0.25) is 0 Å². The molecule has 1 heterocycles. The Hall–Kier alpha value is -3.00. The van der Waals surface area contributed by atoms with Crippen LogP contribution in [0.15, 0.2) is 36.4 Å². The van der Waals surface area contributed by atoms with Crippen LogP contribution in [0.3, 0.4) is 0 Å². The second-order valence-electron chi connectivity index (χ2n) is 3.93. The summed E-state index contributed by atoms with van der Waals surface area (Å²) in [6.07, 6.45) is 3.05. The molecule has 2 rings (SSSR count). The number of nitrogens with zero attached hydrogens (tertiary/aromatic N) is 2. The van der Waals surface area contributed by atoms with Crippen molar-refractivity contribution in [3.8, 4) is 6.07 Å². The van der Waals surface area contributed by atoms with E-state index in [1.54, 1.807) is 18.2 Å². The summed E-state index contributed by atoms with van der Waals surface area (Å²) >= 11 is 0. The number of benzene rings is 1. The first-order valence-corrected chi connectivity index (χ1v) is 5.68. The lowest BCUT2D eigenvalue weighted by atomic mass is 10.1. The van der Waals surface area contributed by atoms with Gasteiger partial charge in [0.25, 0.3) is 0 Å². The Kier molecular flexibility index (Phi) is 3.87. The van der Waals surface area contributed by atoms with Crippen LogP contribution in [-0.4, -0.2) is 16.1 Å².